The molecule has 0 radical (unpaired) electrons. The molecule has 2 heterocycles. The van der Waals surface area contributed by atoms with Crippen LogP contribution in [0.5, 0.6) is 5.88 Å². The molecule has 0 aromatic carbocycles. The number of allylic oxidation sites excluding steroid dienone is 2. The van der Waals surface area contributed by atoms with Crippen molar-refractivity contribution in [2.45, 2.75) is 72.6 Å². The average molecular weight is 466 g/mol. The lowest BCUT2D eigenvalue weighted by molar-refractivity contribution is -0.105. The maximum atomic E-state index is 12.2. The summed E-state index contributed by atoms with van der Waals surface area (Å²) in [6.45, 7) is 12.7. The van der Waals surface area contributed by atoms with E-state index in [-0.39, 0.29) is 24.3 Å². The highest BCUT2D eigenvalue weighted by atomic mass is 16.7. The second-order valence-corrected chi connectivity index (χ2v) is 8.94. The highest BCUT2D eigenvalue weighted by molar-refractivity contribution is 5.76. The van der Waals surface area contributed by atoms with Crippen molar-refractivity contribution >= 4 is 30.4 Å². The van der Waals surface area contributed by atoms with Gasteiger partial charge in [0.25, 0.3) is 5.88 Å². The van der Waals surface area contributed by atoms with E-state index in [2.05, 4.69) is 15.6 Å². The number of ether oxygens (including phenoxy) is 3. The number of rotatable bonds is 8. The van der Waals surface area contributed by atoms with E-state index >= 15 is 0 Å². The summed E-state index contributed by atoms with van der Waals surface area (Å²) in [6.07, 6.45) is 2.65. The number of nitrogens with zero attached hydrogens (tertiary/aromatic N) is 3. The summed E-state index contributed by atoms with van der Waals surface area (Å²) in [6, 6.07) is -0.154. The van der Waals surface area contributed by atoms with Gasteiger partial charge >= 0.3 is 12.2 Å². The number of anilines is 2. The molecule has 0 spiro atoms. The molecule has 1 atom stereocenters. The van der Waals surface area contributed by atoms with Gasteiger partial charge in [0.2, 0.25) is 12.4 Å². The van der Waals surface area contributed by atoms with E-state index in [1.54, 1.807) is 11.5 Å². The van der Waals surface area contributed by atoms with Gasteiger partial charge in [-0.3, -0.25) is 9.36 Å². The van der Waals surface area contributed by atoms with Crippen LogP contribution in [-0.4, -0.2) is 59.5 Å². The number of carbonyl (C=O) groups is 3. The minimum atomic E-state index is -0.889. The van der Waals surface area contributed by atoms with Crippen molar-refractivity contribution in [2.24, 2.45) is 0 Å². The van der Waals surface area contributed by atoms with E-state index in [0.717, 1.165) is 18.4 Å². The van der Waals surface area contributed by atoms with E-state index in [0.29, 0.717) is 32.0 Å². The normalized spacial score (nSPS) is 15.9. The number of amides is 2. The number of imidazole rings is 1. The molecule has 1 aromatic heterocycles. The van der Waals surface area contributed by atoms with Crippen molar-refractivity contribution in [1.29, 1.82) is 0 Å². The molecule has 1 fully saturated rings. The third kappa shape index (κ3) is 7.99. The summed E-state index contributed by atoms with van der Waals surface area (Å²) in [7, 11) is 0. The maximum absolute atomic E-state index is 12.2. The summed E-state index contributed by atoms with van der Waals surface area (Å²) in [5.41, 5.74) is 0.470. The van der Waals surface area contributed by atoms with Crippen LogP contribution in [0.15, 0.2) is 11.6 Å². The zero-order valence-electron chi connectivity index (χ0n) is 20.3. The highest BCUT2D eigenvalue weighted by Crippen LogP contribution is 2.32. The van der Waals surface area contributed by atoms with E-state index in [4.69, 9.17) is 14.2 Å². The van der Waals surface area contributed by atoms with Crippen LogP contribution in [0, 0.1) is 0 Å². The van der Waals surface area contributed by atoms with Gasteiger partial charge in [0.15, 0.2) is 5.82 Å². The fourth-order valence-corrected chi connectivity index (χ4v) is 3.34. The Bertz CT molecular complexity index is 869. The van der Waals surface area contributed by atoms with Gasteiger partial charge in [-0.2, -0.15) is 4.98 Å². The number of alkyl carbamates (subject to hydrolysis) is 1. The Balaban J connectivity index is 2.34. The first-order chi connectivity index (χ1) is 15.5. The lowest BCUT2D eigenvalue weighted by atomic mass is 10.1. The van der Waals surface area contributed by atoms with E-state index < -0.39 is 17.8 Å². The summed E-state index contributed by atoms with van der Waals surface area (Å²) in [4.78, 5) is 42.0. The number of piperidine rings is 1. The second-order valence-electron chi connectivity index (χ2n) is 8.94. The van der Waals surface area contributed by atoms with Crippen LogP contribution in [0.4, 0.5) is 21.4 Å². The lowest BCUT2D eigenvalue weighted by Crippen LogP contribution is -2.49. The molecule has 0 aliphatic carbocycles. The molecule has 11 nitrogen and oxygen atoms in total. The van der Waals surface area contributed by atoms with Gasteiger partial charge in [-0.15, -0.1) is 0 Å². The Morgan fingerprint density at radius 2 is 2.00 bits per heavy atom. The third-order valence-electron chi connectivity index (χ3n) is 4.65. The summed E-state index contributed by atoms with van der Waals surface area (Å²) in [5, 5.41) is 5.41. The number of hydrogen-bond acceptors (Lipinski definition) is 8. The topological polar surface area (TPSA) is 124 Å². The second kappa shape index (κ2) is 11.6. The Morgan fingerprint density at radius 3 is 2.61 bits per heavy atom. The molecule has 1 aliphatic rings. The van der Waals surface area contributed by atoms with Crippen LogP contribution in [0.3, 0.4) is 0 Å². The summed E-state index contributed by atoms with van der Waals surface area (Å²) in [5.74, 6) is 0.694. The number of aromatic nitrogens is 2. The zero-order valence-corrected chi connectivity index (χ0v) is 20.3. The first-order valence-corrected chi connectivity index (χ1v) is 11.1. The minimum absolute atomic E-state index is 0.0790. The Morgan fingerprint density at radius 1 is 1.27 bits per heavy atom. The first-order valence-electron chi connectivity index (χ1n) is 11.1. The van der Waals surface area contributed by atoms with E-state index in [1.165, 1.54) is 0 Å². The smallest absolute Gasteiger partial charge is 0.444 e. The molecule has 1 saturated heterocycles. The molecule has 1 aliphatic heterocycles. The van der Waals surface area contributed by atoms with Crippen molar-refractivity contribution < 1.29 is 28.6 Å². The molecule has 33 heavy (non-hydrogen) atoms. The Hall–Kier alpha value is -3.24. The van der Waals surface area contributed by atoms with Crippen molar-refractivity contribution in [3.8, 4) is 5.88 Å². The van der Waals surface area contributed by atoms with Gasteiger partial charge in [0, 0.05) is 25.7 Å². The van der Waals surface area contributed by atoms with Crippen molar-refractivity contribution in [3.05, 3.63) is 11.6 Å². The average Bonchev–Trinajstić information content (AvgIpc) is 3.02. The minimum Gasteiger partial charge on any atom is -0.444 e. The van der Waals surface area contributed by atoms with E-state index in [1.807, 2.05) is 45.6 Å². The van der Waals surface area contributed by atoms with Gasteiger partial charge in [-0.05, 0) is 54.4 Å². The molecule has 1 unspecified atom stereocenters. The summed E-state index contributed by atoms with van der Waals surface area (Å²) < 4.78 is 17.4. The van der Waals surface area contributed by atoms with Crippen molar-refractivity contribution in [1.82, 2.24) is 14.9 Å². The van der Waals surface area contributed by atoms with Crippen LogP contribution >= 0.6 is 0 Å². The van der Waals surface area contributed by atoms with Crippen LogP contribution in [0.1, 0.15) is 54.4 Å². The number of nitrogens with one attached hydrogen (secondary N) is 2. The molecule has 2 N–H and O–H groups in total. The maximum Gasteiger partial charge on any atom is 0.515 e. The zero-order chi connectivity index (χ0) is 24.6. The first kappa shape index (κ1) is 26.0. The van der Waals surface area contributed by atoms with Crippen LogP contribution < -0.4 is 20.3 Å². The molecule has 184 valence electrons. The predicted octanol–water partition coefficient (Wildman–Crippen LogP) is 3.45. The standard InChI is InChI=1S/C22H35N5O6/c1-7-31-21(30)32-18-17(23-14-28)25-19(27(18)12-10-15(2)3)26-11-8-9-16(13-26)24-20(29)33-22(4,5)6/h10,14,16H,7-9,11-13H2,1-6H3,(H,23,28)(H,24,29). The van der Waals surface area contributed by atoms with Gasteiger partial charge in [0.05, 0.1) is 6.61 Å². The molecule has 11 heteroatoms. The number of carbonyl (C=O) groups excluding carboxylic acids is 3. The molecular formula is C22H35N5O6. The molecule has 2 rings (SSSR count). The van der Waals surface area contributed by atoms with E-state index in [9.17, 15) is 14.4 Å². The van der Waals surface area contributed by atoms with Gasteiger partial charge in [-0.1, -0.05) is 11.6 Å². The summed E-state index contributed by atoms with van der Waals surface area (Å²) >= 11 is 0. The fourth-order valence-electron chi connectivity index (χ4n) is 3.34. The van der Waals surface area contributed by atoms with Crippen molar-refractivity contribution in [3.63, 3.8) is 0 Å². The largest absolute Gasteiger partial charge is 0.515 e. The SMILES string of the molecule is CCOC(=O)Oc1c(NC=O)nc(N2CCCC(NC(=O)OC(C)(C)C)C2)n1CC=C(C)C. The van der Waals surface area contributed by atoms with Crippen LogP contribution in [0.25, 0.3) is 0 Å². The van der Waals surface area contributed by atoms with Crippen LogP contribution in [-0.2, 0) is 20.8 Å². The molecule has 1 aromatic rings. The van der Waals surface area contributed by atoms with Crippen molar-refractivity contribution in [2.75, 3.05) is 29.9 Å². The lowest BCUT2D eigenvalue weighted by Gasteiger charge is -2.34. The molecule has 2 amide bonds. The molecular weight excluding hydrogens is 430 g/mol. The molecule has 0 bridgehead atoms. The van der Waals surface area contributed by atoms with Gasteiger partial charge < -0.3 is 29.7 Å². The third-order valence-corrected chi connectivity index (χ3v) is 4.65. The highest BCUT2D eigenvalue weighted by Gasteiger charge is 2.30. The van der Waals surface area contributed by atoms with Gasteiger partial charge in [-0.25, -0.2) is 9.59 Å². The predicted molar refractivity (Wildman–Crippen MR) is 124 cm³/mol. The Kier molecular flexibility index (Phi) is 9.12. The fraction of sp³-hybridized carbons (Fsp3) is 0.636. The number of hydrogen-bond donors (Lipinski definition) is 2. The molecule has 0 saturated carbocycles. The van der Waals surface area contributed by atoms with Crippen LogP contribution in [0.2, 0.25) is 0 Å². The Labute approximate surface area is 194 Å². The monoisotopic (exact) mass is 465 g/mol. The quantitative estimate of drug-likeness (QED) is 0.340. The van der Waals surface area contributed by atoms with Gasteiger partial charge in [0.1, 0.15) is 5.60 Å².